The molecule has 0 aliphatic carbocycles. The molecule has 0 aromatic heterocycles. The third-order valence-electron chi connectivity index (χ3n) is 5.77. The Morgan fingerprint density at radius 2 is 1.83 bits per heavy atom. The van der Waals surface area contributed by atoms with Gasteiger partial charge in [-0.2, -0.15) is 0 Å². The molecule has 0 fully saturated rings. The fraction of sp³-hybridized carbons (Fsp3) is 0.231. The standard InChI is InChI=1S/C26H24Cl2N2O4S2/c1-17-4-8-20(9-5-17)36(32,33)26-23(12-10-21(27)25(26)28)30(35)14-2-3-15-34-19-7-11-22-18(16-19)6-13-24(31)29-22/h4-5,7-12,14,16H,2-3,6,13,15H2,1H3,(H-,29,31,35)/p+1. The Morgan fingerprint density at radius 1 is 1.08 bits per heavy atom. The summed E-state index contributed by atoms with van der Waals surface area (Å²) in [6, 6.07) is 15.3. The number of sulfone groups is 1. The van der Waals surface area contributed by atoms with Gasteiger partial charge in [-0.3, -0.25) is 4.79 Å². The number of carbonyl (C=O) groups excluding carboxylic acids is 1. The first-order valence-corrected chi connectivity index (χ1v) is 14.0. The van der Waals surface area contributed by atoms with Gasteiger partial charge in [-0.25, -0.2) is 8.42 Å². The first kappa shape index (κ1) is 26.5. The Hall–Kier alpha value is -2.52. The minimum atomic E-state index is -3.94. The Labute approximate surface area is 226 Å². The summed E-state index contributed by atoms with van der Waals surface area (Å²) in [5, 5.41) is 2.95. The summed E-state index contributed by atoms with van der Waals surface area (Å²) in [5.41, 5.74) is 3.14. The molecule has 1 aliphatic rings. The number of nitrogens with one attached hydrogen (secondary N) is 1. The summed E-state index contributed by atoms with van der Waals surface area (Å²) in [7, 11) is -3.94. The van der Waals surface area contributed by atoms with E-state index >= 15 is 0 Å². The van der Waals surface area contributed by atoms with Gasteiger partial charge in [-0.05, 0) is 61.7 Å². The van der Waals surface area contributed by atoms with Crippen LogP contribution in [-0.2, 0) is 21.1 Å². The van der Waals surface area contributed by atoms with E-state index in [-0.39, 0.29) is 25.7 Å². The van der Waals surface area contributed by atoms with Crippen LogP contribution in [0.5, 0.6) is 5.75 Å². The van der Waals surface area contributed by atoms with Crippen LogP contribution in [-0.4, -0.2) is 31.1 Å². The maximum Gasteiger partial charge on any atom is 0.239 e. The number of amides is 1. The number of fused-ring (bicyclic) bond motifs is 1. The van der Waals surface area contributed by atoms with Crippen molar-refractivity contribution in [2.24, 2.45) is 0 Å². The molecule has 0 saturated carbocycles. The van der Waals surface area contributed by atoms with E-state index in [2.05, 4.69) is 18.1 Å². The van der Waals surface area contributed by atoms with Crippen molar-refractivity contribution in [3.05, 3.63) is 75.8 Å². The molecule has 188 valence electrons. The van der Waals surface area contributed by atoms with Crippen molar-refractivity contribution in [2.45, 2.75) is 42.4 Å². The highest BCUT2D eigenvalue weighted by Gasteiger charge is 2.31. The molecular formula is C26H25Cl2N2O4S2+. The van der Waals surface area contributed by atoms with Crippen LogP contribution in [0.1, 0.15) is 30.4 Å². The number of anilines is 1. The van der Waals surface area contributed by atoms with Crippen molar-refractivity contribution in [3.63, 3.8) is 0 Å². The predicted octanol–water partition coefficient (Wildman–Crippen LogP) is 6.44. The van der Waals surface area contributed by atoms with E-state index in [1.807, 2.05) is 25.1 Å². The quantitative estimate of drug-likeness (QED) is 0.143. The van der Waals surface area contributed by atoms with E-state index in [1.54, 1.807) is 42.6 Å². The van der Waals surface area contributed by atoms with Crippen LogP contribution in [0.25, 0.3) is 0 Å². The molecule has 36 heavy (non-hydrogen) atoms. The first-order valence-electron chi connectivity index (χ1n) is 11.3. The number of aryl methyl sites for hydroxylation is 2. The van der Waals surface area contributed by atoms with Crippen LogP contribution in [0.3, 0.4) is 0 Å². The average molecular weight is 565 g/mol. The first-order chi connectivity index (χ1) is 17.2. The molecule has 1 heterocycles. The molecule has 0 radical (unpaired) electrons. The Balaban J connectivity index is 1.46. The Kier molecular flexibility index (Phi) is 8.30. The van der Waals surface area contributed by atoms with Gasteiger partial charge in [0.15, 0.2) is 11.1 Å². The van der Waals surface area contributed by atoms with Gasteiger partial charge in [0.1, 0.15) is 18.6 Å². The van der Waals surface area contributed by atoms with Crippen molar-refractivity contribution in [1.82, 2.24) is 0 Å². The van der Waals surface area contributed by atoms with Crippen LogP contribution < -0.4 is 10.1 Å². The van der Waals surface area contributed by atoms with E-state index in [4.69, 9.17) is 27.9 Å². The van der Waals surface area contributed by atoms with E-state index < -0.39 is 9.84 Å². The van der Waals surface area contributed by atoms with Gasteiger partial charge >= 0.3 is 0 Å². The summed E-state index contributed by atoms with van der Waals surface area (Å²) < 4.78 is 34.2. The molecule has 10 heteroatoms. The maximum atomic E-state index is 13.4. The molecule has 1 N–H and O–H groups in total. The maximum absolute atomic E-state index is 13.4. The van der Waals surface area contributed by atoms with Crippen LogP contribution in [0.4, 0.5) is 11.4 Å². The topological polar surface area (TPSA) is 75.5 Å². The van der Waals surface area contributed by atoms with Crippen molar-refractivity contribution in [3.8, 4) is 5.75 Å². The molecule has 0 bridgehead atoms. The summed E-state index contributed by atoms with van der Waals surface area (Å²) >= 11 is 17.1. The highest BCUT2D eigenvalue weighted by atomic mass is 35.5. The molecule has 3 aromatic rings. The van der Waals surface area contributed by atoms with Crippen LogP contribution >= 0.6 is 36.0 Å². The predicted molar refractivity (Wildman–Crippen MR) is 146 cm³/mol. The minimum Gasteiger partial charge on any atom is -0.494 e. The lowest BCUT2D eigenvalue weighted by molar-refractivity contribution is -0.232. The van der Waals surface area contributed by atoms with Crippen molar-refractivity contribution in [1.29, 1.82) is 0 Å². The highest BCUT2D eigenvalue weighted by molar-refractivity contribution is 7.91. The number of rotatable bonds is 8. The number of benzene rings is 3. The number of nitrogens with zero attached hydrogens (tertiary/aromatic N) is 1. The van der Waals surface area contributed by atoms with Crippen molar-refractivity contribution < 1.29 is 21.9 Å². The molecule has 1 aliphatic heterocycles. The lowest BCUT2D eigenvalue weighted by atomic mass is 10.0. The van der Waals surface area contributed by atoms with Crippen molar-refractivity contribution >= 4 is 69.4 Å². The fourth-order valence-electron chi connectivity index (χ4n) is 3.83. The molecule has 0 spiro atoms. The Morgan fingerprint density at radius 3 is 2.58 bits per heavy atom. The van der Waals surface area contributed by atoms with Crippen LogP contribution in [0.15, 0.2) is 64.4 Å². The number of thiol groups is 1. The van der Waals surface area contributed by atoms with Gasteiger partial charge in [0, 0.05) is 24.6 Å². The summed E-state index contributed by atoms with van der Waals surface area (Å²) in [4.78, 5) is 11.5. The highest BCUT2D eigenvalue weighted by Crippen LogP contribution is 2.40. The molecule has 0 unspecified atom stereocenters. The largest absolute Gasteiger partial charge is 0.494 e. The van der Waals surface area contributed by atoms with Gasteiger partial charge in [0.25, 0.3) is 0 Å². The second-order valence-corrected chi connectivity index (χ2v) is 11.5. The average Bonchev–Trinajstić information content (AvgIpc) is 2.85. The fourth-order valence-corrected chi connectivity index (χ4v) is 6.37. The van der Waals surface area contributed by atoms with E-state index in [0.717, 1.165) is 22.6 Å². The molecule has 4 rings (SSSR count). The second kappa shape index (κ2) is 11.3. The number of hydrogen-bond acceptors (Lipinski definition) is 5. The molecule has 6 nitrogen and oxygen atoms in total. The smallest absolute Gasteiger partial charge is 0.239 e. The number of carbonyl (C=O) groups is 1. The number of unbranched alkanes of at least 4 members (excludes halogenated alkanes) is 1. The third kappa shape index (κ3) is 5.89. The minimum absolute atomic E-state index is 0.0276. The Bertz CT molecular complexity index is 1440. The molecule has 3 aromatic carbocycles. The summed E-state index contributed by atoms with van der Waals surface area (Å²) in [5.74, 6) is 0.767. The van der Waals surface area contributed by atoms with Gasteiger partial charge in [-0.15, -0.1) is 3.98 Å². The zero-order chi connectivity index (χ0) is 25.9. The molecule has 0 atom stereocenters. The third-order valence-corrected chi connectivity index (χ3v) is 8.91. The second-order valence-electron chi connectivity index (χ2n) is 8.41. The molecule has 1 amide bonds. The number of halogens is 2. The zero-order valence-corrected chi connectivity index (χ0v) is 22.7. The number of ether oxygens (including phenoxy) is 1. The summed E-state index contributed by atoms with van der Waals surface area (Å²) in [6.45, 7) is 2.34. The lowest BCUT2D eigenvalue weighted by Crippen LogP contribution is -2.18. The normalized spacial score (nSPS) is 13.8. The SMILES string of the molecule is Cc1ccc(S(=O)(=O)c2c([N+](S)=CCCCOc3ccc4c(c3)CCC(=O)N4)ccc(Cl)c2Cl)cc1. The van der Waals surface area contributed by atoms with E-state index in [0.29, 0.717) is 38.0 Å². The van der Waals surface area contributed by atoms with Gasteiger partial charge < -0.3 is 10.1 Å². The van der Waals surface area contributed by atoms with E-state index in [9.17, 15) is 13.2 Å². The monoisotopic (exact) mass is 563 g/mol. The lowest BCUT2D eigenvalue weighted by Gasteiger charge is -2.17. The van der Waals surface area contributed by atoms with Gasteiger partial charge in [0.2, 0.25) is 21.4 Å². The van der Waals surface area contributed by atoms with Crippen LogP contribution in [0, 0.1) is 6.92 Å². The summed E-state index contributed by atoms with van der Waals surface area (Å²) in [6.07, 6.45) is 4.18. The number of hydrogen-bond donors (Lipinski definition) is 2. The van der Waals surface area contributed by atoms with Crippen molar-refractivity contribution in [2.75, 3.05) is 11.9 Å². The zero-order valence-electron chi connectivity index (χ0n) is 19.5. The molecule has 0 saturated heterocycles. The molecular weight excluding hydrogens is 539 g/mol. The van der Waals surface area contributed by atoms with Gasteiger partial charge in [-0.1, -0.05) is 40.9 Å². The van der Waals surface area contributed by atoms with Gasteiger partial charge in [0.05, 0.1) is 21.5 Å². The van der Waals surface area contributed by atoms with Crippen LogP contribution in [0.2, 0.25) is 10.0 Å². The van der Waals surface area contributed by atoms with E-state index in [1.165, 1.54) is 3.98 Å².